The van der Waals surface area contributed by atoms with Crippen LogP contribution in [0.15, 0.2) is 42.7 Å². The van der Waals surface area contributed by atoms with Crippen molar-refractivity contribution in [3.05, 3.63) is 70.6 Å². The summed E-state index contributed by atoms with van der Waals surface area (Å²) in [6, 6.07) is 5.04. The summed E-state index contributed by atoms with van der Waals surface area (Å²) in [7, 11) is 0. The Morgan fingerprint density at radius 1 is 1.12 bits per heavy atom. The zero-order valence-electron chi connectivity index (χ0n) is 15.9. The molecule has 0 atom stereocenters. The Morgan fingerprint density at radius 3 is 2.47 bits per heavy atom. The number of benzene rings is 2. The molecule has 0 aliphatic rings. The molecular formula is C20H13ClF5N3O3. The number of hydrogen-bond donors (Lipinski definition) is 2. The van der Waals surface area contributed by atoms with Gasteiger partial charge in [-0.2, -0.15) is 13.2 Å². The first-order valence-corrected chi connectivity index (χ1v) is 9.17. The van der Waals surface area contributed by atoms with Crippen LogP contribution in [0.1, 0.15) is 16.1 Å². The van der Waals surface area contributed by atoms with Gasteiger partial charge < -0.3 is 15.2 Å². The maximum atomic E-state index is 14.8. The molecule has 1 amide bonds. The highest BCUT2D eigenvalue weighted by molar-refractivity contribution is 6.34. The lowest BCUT2D eigenvalue weighted by molar-refractivity contribution is -0.153. The van der Waals surface area contributed by atoms with Gasteiger partial charge in [0.2, 0.25) is 0 Å². The average Bonchev–Trinajstić information content (AvgIpc) is 2.74. The summed E-state index contributed by atoms with van der Waals surface area (Å²) in [4.78, 5) is 20.3. The zero-order valence-corrected chi connectivity index (χ0v) is 16.6. The highest BCUT2D eigenvalue weighted by Crippen LogP contribution is 2.32. The van der Waals surface area contributed by atoms with E-state index < -0.39 is 53.9 Å². The molecule has 168 valence electrons. The van der Waals surface area contributed by atoms with Gasteiger partial charge in [0.1, 0.15) is 17.4 Å². The monoisotopic (exact) mass is 473 g/mol. The summed E-state index contributed by atoms with van der Waals surface area (Å²) in [5.74, 6) is -3.71. The molecule has 0 radical (unpaired) electrons. The van der Waals surface area contributed by atoms with Crippen LogP contribution in [-0.2, 0) is 6.61 Å². The average molecular weight is 474 g/mol. The number of para-hydroxylation sites is 1. The molecule has 0 saturated heterocycles. The molecule has 0 saturated carbocycles. The Hall–Kier alpha value is -3.31. The van der Waals surface area contributed by atoms with Gasteiger partial charge in [-0.25, -0.2) is 8.78 Å². The molecule has 2 aromatic carbocycles. The first-order valence-electron chi connectivity index (χ1n) is 8.79. The van der Waals surface area contributed by atoms with Crippen molar-refractivity contribution in [3.63, 3.8) is 0 Å². The van der Waals surface area contributed by atoms with E-state index in [1.165, 1.54) is 12.1 Å². The summed E-state index contributed by atoms with van der Waals surface area (Å²) in [6.07, 6.45) is -2.51. The summed E-state index contributed by atoms with van der Waals surface area (Å²) >= 11 is 5.84. The number of aromatic nitrogens is 2. The third kappa shape index (κ3) is 5.48. The number of aliphatic hydroxyl groups is 1. The SMILES string of the molecule is O=C(Nc1c(F)cccc1Cl)c1cc(F)c(-c2cnc(CO)cn2)cc1OCC(F)(F)F. The molecular weight excluding hydrogens is 461 g/mol. The molecule has 12 heteroatoms. The molecule has 3 aromatic rings. The van der Waals surface area contributed by atoms with Crippen molar-refractivity contribution in [2.24, 2.45) is 0 Å². The minimum absolute atomic E-state index is 0.0827. The van der Waals surface area contributed by atoms with Gasteiger partial charge in [0.25, 0.3) is 5.91 Å². The Morgan fingerprint density at radius 2 is 1.88 bits per heavy atom. The molecule has 0 aliphatic carbocycles. The van der Waals surface area contributed by atoms with Crippen molar-refractivity contribution < 1.29 is 36.6 Å². The minimum Gasteiger partial charge on any atom is -0.483 e. The van der Waals surface area contributed by atoms with Crippen LogP contribution in [0.2, 0.25) is 5.02 Å². The van der Waals surface area contributed by atoms with Gasteiger partial charge >= 0.3 is 6.18 Å². The molecule has 2 N–H and O–H groups in total. The molecule has 1 heterocycles. The van der Waals surface area contributed by atoms with E-state index in [9.17, 15) is 26.7 Å². The highest BCUT2D eigenvalue weighted by Gasteiger charge is 2.30. The van der Waals surface area contributed by atoms with E-state index in [1.807, 2.05) is 0 Å². The van der Waals surface area contributed by atoms with Crippen LogP contribution >= 0.6 is 11.6 Å². The second-order valence-corrected chi connectivity index (χ2v) is 6.74. The lowest BCUT2D eigenvalue weighted by atomic mass is 10.1. The Bertz CT molecular complexity index is 1120. The Kier molecular flexibility index (Phi) is 6.90. The molecule has 3 rings (SSSR count). The highest BCUT2D eigenvalue weighted by atomic mass is 35.5. The molecule has 1 aromatic heterocycles. The molecule has 0 spiro atoms. The fraction of sp³-hybridized carbons (Fsp3) is 0.150. The lowest BCUT2D eigenvalue weighted by Gasteiger charge is -2.16. The van der Waals surface area contributed by atoms with Gasteiger partial charge in [0.15, 0.2) is 6.61 Å². The van der Waals surface area contributed by atoms with Crippen molar-refractivity contribution in [3.8, 4) is 17.0 Å². The lowest BCUT2D eigenvalue weighted by Crippen LogP contribution is -2.22. The molecule has 0 aliphatic heterocycles. The predicted molar refractivity (Wildman–Crippen MR) is 104 cm³/mol. The number of carbonyl (C=O) groups excluding carboxylic acids is 1. The van der Waals surface area contributed by atoms with E-state index in [2.05, 4.69) is 15.3 Å². The normalized spacial score (nSPS) is 11.3. The number of hydrogen-bond acceptors (Lipinski definition) is 5. The van der Waals surface area contributed by atoms with Crippen molar-refractivity contribution in [1.82, 2.24) is 9.97 Å². The number of alkyl halides is 3. The van der Waals surface area contributed by atoms with Crippen molar-refractivity contribution >= 4 is 23.2 Å². The van der Waals surface area contributed by atoms with E-state index in [0.717, 1.165) is 24.5 Å². The van der Waals surface area contributed by atoms with Gasteiger partial charge in [0, 0.05) is 5.56 Å². The van der Waals surface area contributed by atoms with Crippen LogP contribution in [0.4, 0.5) is 27.6 Å². The number of nitrogens with one attached hydrogen (secondary N) is 1. The summed E-state index contributed by atoms with van der Waals surface area (Å²) in [5, 5.41) is 10.9. The number of anilines is 1. The zero-order chi connectivity index (χ0) is 23.5. The molecule has 32 heavy (non-hydrogen) atoms. The number of amides is 1. The van der Waals surface area contributed by atoms with Crippen LogP contribution < -0.4 is 10.1 Å². The fourth-order valence-corrected chi connectivity index (χ4v) is 2.79. The number of halogens is 6. The molecule has 0 bridgehead atoms. The van der Waals surface area contributed by atoms with Crippen molar-refractivity contribution in [2.75, 3.05) is 11.9 Å². The summed E-state index contributed by atoms with van der Waals surface area (Å²) in [6.45, 7) is -2.19. The summed E-state index contributed by atoms with van der Waals surface area (Å²) < 4.78 is 71.5. The largest absolute Gasteiger partial charge is 0.483 e. The van der Waals surface area contributed by atoms with Crippen LogP contribution in [0, 0.1) is 11.6 Å². The van der Waals surface area contributed by atoms with Gasteiger partial charge in [0.05, 0.1) is 46.7 Å². The number of nitrogens with zero attached hydrogens (tertiary/aromatic N) is 2. The fourth-order valence-electron chi connectivity index (χ4n) is 2.58. The Balaban J connectivity index is 2.03. The maximum absolute atomic E-state index is 14.8. The van der Waals surface area contributed by atoms with Crippen LogP contribution in [0.25, 0.3) is 11.3 Å². The van der Waals surface area contributed by atoms with Crippen LogP contribution in [0.3, 0.4) is 0 Å². The molecule has 6 nitrogen and oxygen atoms in total. The van der Waals surface area contributed by atoms with Gasteiger partial charge in [-0.1, -0.05) is 17.7 Å². The second kappa shape index (κ2) is 9.45. The smallest absolute Gasteiger partial charge is 0.422 e. The standard InChI is InChI=1S/C20H13ClF5N3O3/c21-13-2-1-3-14(22)18(13)29-19(31)12-4-15(23)11(5-17(12)32-9-20(24,25)26)16-7-27-10(8-30)6-28-16/h1-7,30H,8-9H2,(H,29,31). The third-order valence-electron chi connectivity index (χ3n) is 4.05. The van der Waals surface area contributed by atoms with Crippen LogP contribution in [0.5, 0.6) is 5.75 Å². The van der Waals surface area contributed by atoms with E-state index in [-0.39, 0.29) is 22.0 Å². The van der Waals surface area contributed by atoms with Crippen molar-refractivity contribution in [1.29, 1.82) is 0 Å². The predicted octanol–water partition coefficient (Wildman–Crippen LogP) is 4.76. The van der Waals surface area contributed by atoms with E-state index in [4.69, 9.17) is 21.4 Å². The van der Waals surface area contributed by atoms with Gasteiger partial charge in [-0.05, 0) is 24.3 Å². The van der Waals surface area contributed by atoms with Gasteiger partial charge in [-0.3, -0.25) is 14.8 Å². The van der Waals surface area contributed by atoms with E-state index in [0.29, 0.717) is 6.07 Å². The number of carbonyl (C=O) groups is 1. The number of rotatable bonds is 6. The number of ether oxygens (including phenoxy) is 1. The summed E-state index contributed by atoms with van der Waals surface area (Å²) in [5.41, 5.74) is -1.27. The first-order chi connectivity index (χ1) is 15.1. The second-order valence-electron chi connectivity index (χ2n) is 6.33. The quantitative estimate of drug-likeness (QED) is 0.504. The van der Waals surface area contributed by atoms with E-state index >= 15 is 0 Å². The molecule has 0 fully saturated rings. The van der Waals surface area contributed by atoms with E-state index in [1.54, 1.807) is 0 Å². The van der Waals surface area contributed by atoms with Crippen molar-refractivity contribution in [2.45, 2.75) is 12.8 Å². The topological polar surface area (TPSA) is 84.3 Å². The number of aliphatic hydroxyl groups excluding tert-OH is 1. The molecule has 0 unspecified atom stereocenters. The Labute approximate surface area is 182 Å². The minimum atomic E-state index is -4.75. The first kappa shape index (κ1) is 23.4. The third-order valence-corrected chi connectivity index (χ3v) is 4.36. The van der Waals surface area contributed by atoms with Crippen LogP contribution in [-0.4, -0.2) is 33.8 Å². The maximum Gasteiger partial charge on any atom is 0.422 e. The van der Waals surface area contributed by atoms with Gasteiger partial charge in [-0.15, -0.1) is 0 Å².